The first kappa shape index (κ1) is 9.52. The van der Waals surface area contributed by atoms with Gasteiger partial charge in [0.2, 0.25) is 0 Å². The zero-order valence-electron chi connectivity index (χ0n) is 7.71. The molecule has 0 bridgehead atoms. The van der Waals surface area contributed by atoms with Gasteiger partial charge in [0.25, 0.3) is 0 Å². The van der Waals surface area contributed by atoms with Crippen LogP contribution in [0.5, 0.6) is 0 Å². The zero-order valence-corrected chi connectivity index (χ0v) is 7.71. The molecule has 3 heteroatoms. The number of esters is 1. The first-order chi connectivity index (χ1) is 5.68. The highest BCUT2D eigenvalue weighted by Crippen LogP contribution is 2.18. The summed E-state index contributed by atoms with van der Waals surface area (Å²) in [5, 5.41) is 0. The topological polar surface area (TPSA) is 35.5 Å². The minimum Gasteiger partial charge on any atom is -0.463 e. The van der Waals surface area contributed by atoms with Crippen molar-refractivity contribution in [3.05, 3.63) is 0 Å². The van der Waals surface area contributed by atoms with Gasteiger partial charge in [0.1, 0.15) is 6.61 Å². The highest BCUT2D eigenvalue weighted by Gasteiger charge is 2.19. The van der Waals surface area contributed by atoms with Crippen molar-refractivity contribution < 1.29 is 14.3 Å². The van der Waals surface area contributed by atoms with E-state index >= 15 is 0 Å². The van der Waals surface area contributed by atoms with E-state index in [0.29, 0.717) is 12.7 Å². The van der Waals surface area contributed by atoms with E-state index < -0.39 is 0 Å². The third-order valence-electron chi connectivity index (χ3n) is 2.03. The number of hydrogen-bond acceptors (Lipinski definition) is 3. The molecule has 12 heavy (non-hydrogen) atoms. The average Bonchev–Trinajstić information content (AvgIpc) is 2.01. The van der Waals surface area contributed by atoms with Crippen LogP contribution in [-0.2, 0) is 14.3 Å². The second-order valence-electron chi connectivity index (χ2n) is 3.30. The molecule has 0 aliphatic carbocycles. The summed E-state index contributed by atoms with van der Waals surface area (Å²) in [7, 11) is 0. The Morgan fingerprint density at radius 1 is 1.58 bits per heavy atom. The molecule has 1 aliphatic heterocycles. The van der Waals surface area contributed by atoms with Crippen molar-refractivity contribution >= 4 is 5.97 Å². The van der Waals surface area contributed by atoms with Crippen molar-refractivity contribution in [2.45, 2.75) is 45.3 Å². The minimum absolute atomic E-state index is 0.123. The zero-order chi connectivity index (χ0) is 8.97. The summed E-state index contributed by atoms with van der Waals surface area (Å²) in [6.07, 6.45) is 3.75. The molecular weight excluding hydrogens is 156 g/mol. The molecular formula is C9H16O3. The highest BCUT2D eigenvalue weighted by molar-refractivity contribution is 5.65. The molecule has 0 unspecified atom stereocenters. The van der Waals surface area contributed by atoms with Gasteiger partial charge in [-0.1, -0.05) is 0 Å². The molecule has 0 aromatic rings. The van der Waals surface area contributed by atoms with Gasteiger partial charge in [0.15, 0.2) is 0 Å². The summed E-state index contributed by atoms with van der Waals surface area (Å²) < 4.78 is 10.4. The van der Waals surface area contributed by atoms with E-state index in [4.69, 9.17) is 9.47 Å². The monoisotopic (exact) mass is 172 g/mol. The number of hydrogen-bond donors (Lipinski definition) is 0. The van der Waals surface area contributed by atoms with Crippen molar-refractivity contribution in [2.24, 2.45) is 0 Å². The molecule has 2 atom stereocenters. The van der Waals surface area contributed by atoms with Gasteiger partial charge in [-0.2, -0.15) is 0 Å². The van der Waals surface area contributed by atoms with Gasteiger partial charge in [0, 0.05) is 6.92 Å². The summed E-state index contributed by atoms with van der Waals surface area (Å²) in [5.41, 5.74) is 0. The first-order valence-electron chi connectivity index (χ1n) is 4.47. The van der Waals surface area contributed by atoms with E-state index in [2.05, 4.69) is 6.92 Å². The smallest absolute Gasteiger partial charge is 0.302 e. The van der Waals surface area contributed by atoms with Gasteiger partial charge in [0.05, 0.1) is 12.2 Å². The van der Waals surface area contributed by atoms with Crippen LogP contribution in [-0.4, -0.2) is 24.8 Å². The molecule has 1 aliphatic rings. The maximum absolute atomic E-state index is 10.5. The molecule has 1 rings (SSSR count). The Balaban J connectivity index is 2.18. The summed E-state index contributed by atoms with van der Waals surface area (Å²) in [6, 6.07) is 0. The molecule has 70 valence electrons. The largest absolute Gasteiger partial charge is 0.463 e. The Kier molecular flexibility index (Phi) is 3.53. The fourth-order valence-electron chi connectivity index (χ4n) is 1.43. The standard InChI is InChI=1S/C9H16O3/c1-7-4-3-5-9(12-7)6-11-8(2)10/h7,9H,3-6H2,1-2H3/t7-,9+/m1/s1. The van der Waals surface area contributed by atoms with Crippen molar-refractivity contribution in [3.63, 3.8) is 0 Å². The maximum Gasteiger partial charge on any atom is 0.302 e. The third kappa shape index (κ3) is 3.22. The predicted molar refractivity (Wildman–Crippen MR) is 44.8 cm³/mol. The number of carbonyl (C=O) groups is 1. The van der Waals surface area contributed by atoms with Gasteiger partial charge in [-0.25, -0.2) is 0 Å². The molecule has 0 saturated carbocycles. The van der Waals surface area contributed by atoms with Crippen LogP contribution in [0.4, 0.5) is 0 Å². The van der Waals surface area contributed by atoms with Crippen LogP contribution >= 0.6 is 0 Å². The van der Waals surface area contributed by atoms with Crippen LogP contribution in [0.1, 0.15) is 33.1 Å². The van der Waals surface area contributed by atoms with Crippen molar-refractivity contribution in [2.75, 3.05) is 6.61 Å². The van der Waals surface area contributed by atoms with E-state index in [9.17, 15) is 4.79 Å². The van der Waals surface area contributed by atoms with E-state index in [1.807, 2.05) is 0 Å². The van der Waals surface area contributed by atoms with Gasteiger partial charge in [-0.15, -0.1) is 0 Å². The Bertz CT molecular complexity index is 156. The molecule has 1 fully saturated rings. The second kappa shape index (κ2) is 4.45. The Morgan fingerprint density at radius 2 is 2.33 bits per heavy atom. The lowest BCUT2D eigenvalue weighted by Crippen LogP contribution is -2.29. The van der Waals surface area contributed by atoms with Gasteiger partial charge in [-0.05, 0) is 26.2 Å². The van der Waals surface area contributed by atoms with Crippen molar-refractivity contribution in [1.82, 2.24) is 0 Å². The molecule has 3 nitrogen and oxygen atoms in total. The van der Waals surface area contributed by atoms with Crippen molar-refractivity contribution in [1.29, 1.82) is 0 Å². The molecule has 0 radical (unpaired) electrons. The van der Waals surface area contributed by atoms with Gasteiger partial charge in [-0.3, -0.25) is 4.79 Å². The predicted octanol–water partition coefficient (Wildman–Crippen LogP) is 1.51. The number of rotatable bonds is 2. The lowest BCUT2D eigenvalue weighted by molar-refractivity contribution is -0.148. The van der Waals surface area contributed by atoms with Crippen LogP contribution in [0.3, 0.4) is 0 Å². The lowest BCUT2D eigenvalue weighted by atomic mass is 10.1. The fraction of sp³-hybridized carbons (Fsp3) is 0.889. The van der Waals surface area contributed by atoms with Crippen LogP contribution in [0.2, 0.25) is 0 Å². The molecule has 1 heterocycles. The van der Waals surface area contributed by atoms with Crippen LogP contribution in [0, 0.1) is 0 Å². The Morgan fingerprint density at radius 3 is 2.92 bits per heavy atom. The lowest BCUT2D eigenvalue weighted by Gasteiger charge is -2.27. The van der Waals surface area contributed by atoms with E-state index in [1.165, 1.54) is 13.3 Å². The summed E-state index contributed by atoms with van der Waals surface area (Å²) in [6.45, 7) is 3.89. The number of carbonyl (C=O) groups excluding carboxylic acids is 1. The molecule has 0 aromatic heterocycles. The molecule has 1 saturated heterocycles. The van der Waals surface area contributed by atoms with E-state index in [0.717, 1.165) is 12.8 Å². The first-order valence-corrected chi connectivity index (χ1v) is 4.47. The Labute approximate surface area is 73.0 Å². The van der Waals surface area contributed by atoms with Crippen molar-refractivity contribution in [3.8, 4) is 0 Å². The normalized spacial score (nSPS) is 29.8. The molecule has 0 N–H and O–H groups in total. The van der Waals surface area contributed by atoms with Crippen LogP contribution in [0.15, 0.2) is 0 Å². The highest BCUT2D eigenvalue weighted by atomic mass is 16.6. The van der Waals surface area contributed by atoms with E-state index in [-0.39, 0.29) is 12.1 Å². The second-order valence-corrected chi connectivity index (χ2v) is 3.30. The summed E-state index contributed by atoms with van der Waals surface area (Å²) in [4.78, 5) is 10.5. The fourth-order valence-corrected chi connectivity index (χ4v) is 1.43. The average molecular weight is 172 g/mol. The summed E-state index contributed by atoms with van der Waals surface area (Å²) in [5.74, 6) is -0.225. The summed E-state index contributed by atoms with van der Waals surface area (Å²) >= 11 is 0. The SMILES string of the molecule is CC(=O)OC[C@@H]1CCC[C@@H](C)O1. The number of ether oxygens (including phenoxy) is 2. The minimum atomic E-state index is -0.225. The van der Waals surface area contributed by atoms with Crippen LogP contribution < -0.4 is 0 Å². The molecule has 0 amide bonds. The van der Waals surface area contributed by atoms with Gasteiger partial charge < -0.3 is 9.47 Å². The van der Waals surface area contributed by atoms with Crippen LogP contribution in [0.25, 0.3) is 0 Å². The van der Waals surface area contributed by atoms with Gasteiger partial charge >= 0.3 is 5.97 Å². The molecule has 0 aromatic carbocycles. The maximum atomic E-state index is 10.5. The van der Waals surface area contributed by atoms with E-state index in [1.54, 1.807) is 0 Å². The quantitative estimate of drug-likeness (QED) is 0.592. The molecule has 0 spiro atoms. The third-order valence-corrected chi connectivity index (χ3v) is 2.03. The Hall–Kier alpha value is -0.570.